The molecule has 0 bridgehead atoms. The molecule has 3 aromatic carbocycles. The van der Waals surface area contributed by atoms with Gasteiger partial charge in [0.2, 0.25) is 5.91 Å². The van der Waals surface area contributed by atoms with Crippen molar-refractivity contribution in [2.24, 2.45) is 0 Å². The van der Waals surface area contributed by atoms with Gasteiger partial charge >= 0.3 is 6.18 Å². The number of hydrogen-bond donors (Lipinski definition) is 1. The van der Waals surface area contributed by atoms with Crippen LogP contribution in [0.3, 0.4) is 0 Å². The van der Waals surface area contributed by atoms with Crippen LogP contribution in [0.5, 0.6) is 5.75 Å². The van der Waals surface area contributed by atoms with Crippen LogP contribution in [-0.2, 0) is 28.7 Å². The lowest BCUT2D eigenvalue weighted by Gasteiger charge is -2.34. The number of para-hydroxylation sites is 1. The second-order valence-corrected chi connectivity index (χ2v) is 12.6. The van der Waals surface area contributed by atoms with Gasteiger partial charge in [0, 0.05) is 38.2 Å². The Morgan fingerprint density at radius 3 is 2.50 bits per heavy atom. The van der Waals surface area contributed by atoms with E-state index in [1.54, 1.807) is 78.0 Å². The van der Waals surface area contributed by atoms with Crippen LogP contribution in [0.25, 0.3) is 16.6 Å². The third kappa shape index (κ3) is 8.65. The summed E-state index contributed by atoms with van der Waals surface area (Å²) in [5, 5.41) is 3.95. The van der Waals surface area contributed by atoms with Gasteiger partial charge in [-0.05, 0) is 98.5 Å². The summed E-state index contributed by atoms with van der Waals surface area (Å²) >= 11 is 0. The fourth-order valence-corrected chi connectivity index (χ4v) is 6.47. The van der Waals surface area contributed by atoms with Crippen molar-refractivity contribution >= 4 is 16.8 Å². The first-order valence-corrected chi connectivity index (χ1v) is 17.2. The largest absolute Gasteiger partial charge is 0.494 e. The summed E-state index contributed by atoms with van der Waals surface area (Å²) in [6.07, 6.45) is -0.130. The first-order valence-electron chi connectivity index (χ1n) is 17.2. The minimum absolute atomic E-state index is 0.0314. The maximum Gasteiger partial charge on any atom is 0.419 e. The van der Waals surface area contributed by atoms with Crippen LogP contribution in [-0.4, -0.2) is 57.7 Å². The van der Waals surface area contributed by atoms with E-state index in [1.807, 2.05) is 6.92 Å². The highest BCUT2D eigenvalue weighted by atomic mass is 19.4. The predicted molar refractivity (Wildman–Crippen MR) is 188 cm³/mol. The Hall–Kier alpha value is -5.14. The molecule has 0 aliphatic carbocycles. The van der Waals surface area contributed by atoms with Gasteiger partial charge < -0.3 is 19.7 Å². The van der Waals surface area contributed by atoms with Gasteiger partial charge in [-0.25, -0.2) is 9.37 Å². The molecular weight excluding hydrogens is 678 g/mol. The summed E-state index contributed by atoms with van der Waals surface area (Å²) in [5.41, 5.74) is -0.0690. The second kappa shape index (κ2) is 16.5. The molecular formula is C39H39F4N5O4. The lowest BCUT2D eigenvalue weighted by molar-refractivity contribution is -0.140. The molecule has 1 aliphatic heterocycles. The molecule has 52 heavy (non-hydrogen) atoms. The van der Waals surface area contributed by atoms with E-state index >= 15 is 0 Å². The number of nitrogens with one attached hydrogen (secondary N) is 1. The summed E-state index contributed by atoms with van der Waals surface area (Å²) in [4.78, 5) is 39.7. The zero-order valence-electron chi connectivity index (χ0n) is 28.6. The van der Waals surface area contributed by atoms with Crippen molar-refractivity contribution in [2.75, 3.05) is 26.4 Å². The monoisotopic (exact) mass is 717 g/mol. The zero-order chi connectivity index (χ0) is 36.7. The number of fused-ring (bicyclic) bond motifs is 1. The van der Waals surface area contributed by atoms with Crippen molar-refractivity contribution in [2.45, 2.75) is 57.4 Å². The molecule has 2 aromatic heterocycles. The molecule has 5 aromatic rings. The maximum atomic E-state index is 14.7. The van der Waals surface area contributed by atoms with Crippen molar-refractivity contribution < 1.29 is 31.8 Å². The highest BCUT2D eigenvalue weighted by Gasteiger charge is 2.35. The Kier molecular flexibility index (Phi) is 11.6. The van der Waals surface area contributed by atoms with Gasteiger partial charge in [-0.15, -0.1) is 0 Å². The van der Waals surface area contributed by atoms with E-state index in [2.05, 4.69) is 10.3 Å². The Labute approximate surface area is 298 Å². The zero-order valence-corrected chi connectivity index (χ0v) is 28.6. The molecule has 272 valence electrons. The number of amides is 1. The third-order valence-corrected chi connectivity index (χ3v) is 9.04. The Bertz CT molecular complexity index is 2030. The number of carbonyl (C=O) groups is 1. The van der Waals surface area contributed by atoms with Gasteiger partial charge in [-0.2, -0.15) is 13.2 Å². The van der Waals surface area contributed by atoms with Gasteiger partial charge in [0.25, 0.3) is 5.56 Å². The summed E-state index contributed by atoms with van der Waals surface area (Å²) in [7, 11) is 0. The predicted octanol–water partition coefficient (Wildman–Crippen LogP) is 6.81. The van der Waals surface area contributed by atoms with Gasteiger partial charge in [0.1, 0.15) is 17.4 Å². The average Bonchev–Trinajstić information content (AvgIpc) is 3.13. The van der Waals surface area contributed by atoms with Gasteiger partial charge in [-0.1, -0.05) is 24.3 Å². The van der Waals surface area contributed by atoms with Crippen molar-refractivity contribution in [3.63, 3.8) is 0 Å². The Morgan fingerprint density at radius 2 is 1.81 bits per heavy atom. The topological polar surface area (TPSA) is 98.6 Å². The Morgan fingerprint density at radius 1 is 1.04 bits per heavy atom. The van der Waals surface area contributed by atoms with Crippen LogP contribution in [0.15, 0.2) is 96.1 Å². The van der Waals surface area contributed by atoms with Gasteiger partial charge in [-0.3, -0.25) is 19.1 Å². The van der Waals surface area contributed by atoms with E-state index in [-0.39, 0.29) is 29.5 Å². The fraction of sp³-hybridized carbons (Fsp3) is 0.333. The number of nitrogens with zero attached hydrogens (tertiary/aromatic N) is 4. The van der Waals surface area contributed by atoms with Crippen LogP contribution in [0.1, 0.15) is 54.7 Å². The minimum Gasteiger partial charge on any atom is -0.494 e. The molecule has 0 spiro atoms. The number of pyridine rings is 1. The van der Waals surface area contributed by atoms with Crippen molar-refractivity contribution in [3.8, 4) is 11.4 Å². The van der Waals surface area contributed by atoms with Gasteiger partial charge in [0.15, 0.2) is 0 Å². The average molecular weight is 718 g/mol. The van der Waals surface area contributed by atoms with E-state index in [4.69, 9.17) is 14.5 Å². The van der Waals surface area contributed by atoms with Crippen molar-refractivity contribution in [1.29, 1.82) is 0 Å². The SMILES string of the molecule is CCOc1ccc(-n2c(C(CCNC3CCOCC3)N(Cc3cccnc3)C(=O)Cc3ccc(C(F)(F)F)c(F)c3)nc3ccccc3c2=O)cc1. The van der Waals surface area contributed by atoms with Crippen LogP contribution >= 0.6 is 0 Å². The molecule has 1 fully saturated rings. The standard InChI is InChI=1S/C39H39F4N5O4/c1-2-52-30-12-10-29(11-13-30)48-37(46-34-8-4-3-7-31(34)38(48)50)35(15-19-45-28-16-20-51-21-17-28)47(25-27-6-5-18-44-24-27)36(49)23-26-9-14-32(33(40)22-26)39(41,42)43/h3-14,18,22,24,28,35,45H,2,15-17,19-21,23,25H2,1H3. The number of ether oxygens (including phenoxy) is 2. The normalized spacial score (nSPS) is 14.3. The molecule has 1 atom stereocenters. The maximum absolute atomic E-state index is 14.7. The lowest BCUT2D eigenvalue weighted by Crippen LogP contribution is -2.42. The third-order valence-electron chi connectivity index (χ3n) is 9.04. The number of alkyl halides is 3. The first-order chi connectivity index (χ1) is 25.1. The lowest BCUT2D eigenvalue weighted by atomic mass is 10.0. The number of carbonyl (C=O) groups excluding carboxylic acids is 1. The highest BCUT2D eigenvalue weighted by molar-refractivity contribution is 5.80. The summed E-state index contributed by atoms with van der Waals surface area (Å²) < 4.78 is 67.5. The summed E-state index contributed by atoms with van der Waals surface area (Å²) in [5.74, 6) is -1.06. The summed E-state index contributed by atoms with van der Waals surface area (Å²) in [6, 6.07) is 19.4. The first kappa shape index (κ1) is 36.6. The molecule has 1 N–H and O–H groups in total. The molecule has 0 saturated carbocycles. The number of hydrogen-bond acceptors (Lipinski definition) is 7. The smallest absolute Gasteiger partial charge is 0.419 e. The van der Waals surface area contributed by atoms with Crippen LogP contribution in [0, 0.1) is 5.82 Å². The molecule has 0 radical (unpaired) electrons. The van der Waals surface area contributed by atoms with E-state index in [0.29, 0.717) is 66.8 Å². The van der Waals surface area contributed by atoms with Crippen molar-refractivity contribution in [3.05, 3.63) is 130 Å². The quantitative estimate of drug-likeness (QED) is 0.134. The van der Waals surface area contributed by atoms with Crippen LogP contribution < -0.4 is 15.6 Å². The highest BCUT2D eigenvalue weighted by Crippen LogP contribution is 2.33. The number of halogens is 4. The number of rotatable bonds is 13. The molecule has 1 amide bonds. The molecule has 6 rings (SSSR count). The van der Waals surface area contributed by atoms with Crippen LogP contribution in [0.4, 0.5) is 17.6 Å². The molecule has 1 aliphatic rings. The molecule has 3 heterocycles. The van der Waals surface area contributed by atoms with E-state index in [0.717, 1.165) is 25.0 Å². The van der Waals surface area contributed by atoms with Crippen molar-refractivity contribution in [1.82, 2.24) is 24.8 Å². The summed E-state index contributed by atoms with van der Waals surface area (Å²) in [6.45, 7) is 4.05. The van der Waals surface area contributed by atoms with E-state index < -0.39 is 35.9 Å². The van der Waals surface area contributed by atoms with E-state index in [1.165, 1.54) is 4.57 Å². The second-order valence-electron chi connectivity index (χ2n) is 12.6. The molecule has 1 unspecified atom stereocenters. The fourth-order valence-electron chi connectivity index (χ4n) is 6.47. The minimum atomic E-state index is -4.88. The number of benzene rings is 3. The molecule has 9 nitrogen and oxygen atoms in total. The molecule has 1 saturated heterocycles. The Balaban J connectivity index is 1.48. The van der Waals surface area contributed by atoms with Gasteiger partial charge in [0.05, 0.1) is 41.2 Å². The van der Waals surface area contributed by atoms with E-state index in [9.17, 15) is 27.2 Å². The van der Waals surface area contributed by atoms with Crippen LogP contribution in [0.2, 0.25) is 0 Å². The molecule has 13 heteroatoms. The number of aromatic nitrogens is 3.